The van der Waals surface area contributed by atoms with E-state index in [9.17, 15) is 4.79 Å². The molecular weight excluding hydrogens is 332 g/mol. The summed E-state index contributed by atoms with van der Waals surface area (Å²) in [5.41, 5.74) is 7.66. The van der Waals surface area contributed by atoms with Gasteiger partial charge in [0.15, 0.2) is 6.61 Å². The first-order valence-electron chi connectivity index (χ1n) is 7.39. The molecular formula is C16H25BrN2O2. The Balaban J connectivity index is 2.68. The Morgan fingerprint density at radius 2 is 2.19 bits per heavy atom. The molecule has 0 heterocycles. The number of hydrogen-bond acceptors (Lipinski definition) is 3. The molecule has 5 heteroatoms. The number of amides is 1. The predicted octanol–water partition coefficient (Wildman–Crippen LogP) is 2.94. The molecule has 1 aromatic rings. The molecule has 0 spiro atoms. The molecule has 1 rings (SSSR count). The fourth-order valence-corrected chi connectivity index (χ4v) is 2.93. The summed E-state index contributed by atoms with van der Waals surface area (Å²) in [6.07, 6.45) is 2.75. The summed E-state index contributed by atoms with van der Waals surface area (Å²) < 4.78 is 6.72. The number of nitrogens with one attached hydrogen (secondary N) is 1. The summed E-state index contributed by atoms with van der Waals surface area (Å²) >= 11 is 3.47. The van der Waals surface area contributed by atoms with Crippen molar-refractivity contribution in [2.45, 2.75) is 46.1 Å². The van der Waals surface area contributed by atoms with Gasteiger partial charge < -0.3 is 15.8 Å². The van der Waals surface area contributed by atoms with Gasteiger partial charge in [0.25, 0.3) is 5.91 Å². The lowest BCUT2D eigenvalue weighted by atomic mass is 10.1. The molecule has 3 N–H and O–H groups in total. The summed E-state index contributed by atoms with van der Waals surface area (Å²) in [6, 6.07) is 4.15. The number of halogens is 1. The van der Waals surface area contributed by atoms with Crippen LogP contribution in [0.4, 0.5) is 0 Å². The minimum atomic E-state index is -0.0861. The zero-order valence-electron chi connectivity index (χ0n) is 13.0. The van der Waals surface area contributed by atoms with E-state index < -0.39 is 0 Å². The van der Waals surface area contributed by atoms with Gasteiger partial charge in [-0.25, -0.2) is 0 Å². The molecule has 0 saturated carbocycles. The number of hydrogen-bond donors (Lipinski definition) is 2. The average Bonchev–Trinajstić information content (AvgIpc) is 2.38. The molecule has 4 nitrogen and oxygen atoms in total. The van der Waals surface area contributed by atoms with E-state index in [0.717, 1.165) is 40.6 Å². The number of carbonyl (C=O) groups is 1. The van der Waals surface area contributed by atoms with E-state index in [1.54, 1.807) is 0 Å². The SMILES string of the molecule is CCCC(C)NC(=O)COc1c(C)cc(Br)cc1CCN. The second-order valence-corrected chi connectivity index (χ2v) is 6.21. The van der Waals surface area contributed by atoms with E-state index in [-0.39, 0.29) is 18.6 Å². The number of rotatable bonds is 8. The van der Waals surface area contributed by atoms with Crippen LogP contribution >= 0.6 is 15.9 Å². The first kappa shape index (κ1) is 18.0. The Labute approximate surface area is 135 Å². The summed E-state index contributed by atoms with van der Waals surface area (Å²) in [4.78, 5) is 11.9. The maximum atomic E-state index is 11.9. The third kappa shape index (κ3) is 6.06. The van der Waals surface area contributed by atoms with Crippen LogP contribution in [0.25, 0.3) is 0 Å². The van der Waals surface area contributed by atoms with E-state index in [0.29, 0.717) is 6.54 Å². The van der Waals surface area contributed by atoms with Crippen LogP contribution < -0.4 is 15.8 Å². The standard InChI is InChI=1S/C16H25BrN2O2/c1-4-5-12(3)19-15(20)10-21-16-11(2)8-14(17)9-13(16)6-7-18/h8-9,12H,4-7,10,18H2,1-3H3,(H,19,20). The van der Waals surface area contributed by atoms with Crippen LogP contribution in [0, 0.1) is 6.92 Å². The minimum absolute atomic E-state index is 0.0358. The van der Waals surface area contributed by atoms with Crippen molar-refractivity contribution in [2.24, 2.45) is 5.73 Å². The zero-order valence-corrected chi connectivity index (χ0v) is 14.6. The van der Waals surface area contributed by atoms with Gasteiger partial charge >= 0.3 is 0 Å². The van der Waals surface area contributed by atoms with E-state index in [2.05, 4.69) is 28.2 Å². The number of nitrogens with two attached hydrogens (primary N) is 1. The second kappa shape index (κ2) is 9.05. The van der Waals surface area contributed by atoms with Crippen molar-refractivity contribution >= 4 is 21.8 Å². The van der Waals surface area contributed by atoms with Gasteiger partial charge in [0.1, 0.15) is 5.75 Å². The van der Waals surface area contributed by atoms with Crippen LogP contribution in [-0.2, 0) is 11.2 Å². The van der Waals surface area contributed by atoms with Crippen molar-refractivity contribution in [1.82, 2.24) is 5.32 Å². The quantitative estimate of drug-likeness (QED) is 0.752. The molecule has 1 amide bonds. The number of ether oxygens (including phenoxy) is 1. The van der Waals surface area contributed by atoms with Crippen LogP contribution in [0.5, 0.6) is 5.75 Å². The van der Waals surface area contributed by atoms with Crippen LogP contribution in [-0.4, -0.2) is 25.1 Å². The number of benzene rings is 1. The van der Waals surface area contributed by atoms with Gasteiger partial charge in [-0.05, 0) is 56.5 Å². The largest absolute Gasteiger partial charge is 0.483 e. The Kier molecular flexibility index (Phi) is 7.75. The molecule has 0 aliphatic heterocycles. The first-order valence-corrected chi connectivity index (χ1v) is 8.18. The molecule has 0 bridgehead atoms. The molecule has 0 aliphatic carbocycles. The Bertz CT molecular complexity index is 478. The molecule has 1 aromatic carbocycles. The van der Waals surface area contributed by atoms with Crippen molar-refractivity contribution < 1.29 is 9.53 Å². The summed E-state index contributed by atoms with van der Waals surface area (Å²) in [5, 5.41) is 2.94. The fraction of sp³-hybridized carbons (Fsp3) is 0.562. The number of carbonyl (C=O) groups excluding carboxylic acids is 1. The van der Waals surface area contributed by atoms with Crippen molar-refractivity contribution in [2.75, 3.05) is 13.2 Å². The monoisotopic (exact) mass is 356 g/mol. The van der Waals surface area contributed by atoms with E-state index in [4.69, 9.17) is 10.5 Å². The number of aryl methyl sites for hydroxylation is 1. The molecule has 0 aromatic heterocycles. The Hall–Kier alpha value is -1.07. The van der Waals surface area contributed by atoms with Crippen molar-refractivity contribution in [3.63, 3.8) is 0 Å². The Morgan fingerprint density at radius 1 is 1.48 bits per heavy atom. The zero-order chi connectivity index (χ0) is 15.8. The van der Waals surface area contributed by atoms with E-state index in [1.165, 1.54) is 0 Å². The summed E-state index contributed by atoms with van der Waals surface area (Å²) in [6.45, 7) is 6.66. The topological polar surface area (TPSA) is 64.3 Å². The molecule has 1 atom stereocenters. The van der Waals surface area contributed by atoms with Crippen molar-refractivity contribution in [3.8, 4) is 5.75 Å². The molecule has 1 unspecified atom stereocenters. The van der Waals surface area contributed by atoms with Gasteiger partial charge in [-0.15, -0.1) is 0 Å². The summed E-state index contributed by atoms with van der Waals surface area (Å²) in [5.74, 6) is 0.680. The third-order valence-electron chi connectivity index (χ3n) is 3.21. The predicted molar refractivity (Wildman–Crippen MR) is 89.6 cm³/mol. The fourth-order valence-electron chi connectivity index (χ4n) is 2.31. The van der Waals surface area contributed by atoms with Crippen LogP contribution in [0.1, 0.15) is 37.8 Å². The highest BCUT2D eigenvalue weighted by Crippen LogP contribution is 2.28. The lowest BCUT2D eigenvalue weighted by Crippen LogP contribution is -2.36. The second-order valence-electron chi connectivity index (χ2n) is 5.30. The summed E-state index contributed by atoms with van der Waals surface area (Å²) in [7, 11) is 0. The van der Waals surface area contributed by atoms with Gasteiger partial charge in [-0.2, -0.15) is 0 Å². The van der Waals surface area contributed by atoms with E-state index in [1.807, 2.05) is 26.0 Å². The van der Waals surface area contributed by atoms with Crippen LogP contribution in [0.3, 0.4) is 0 Å². The minimum Gasteiger partial charge on any atom is -0.483 e. The van der Waals surface area contributed by atoms with Gasteiger partial charge in [0, 0.05) is 10.5 Å². The molecule has 118 valence electrons. The highest BCUT2D eigenvalue weighted by atomic mass is 79.9. The van der Waals surface area contributed by atoms with Crippen LogP contribution in [0.2, 0.25) is 0 Å². The van der Waals surface area contributed by atoms with Gasteiger partial charge in [-0.3, -0.25) is 4.79 Å². The normalized spacial score (nSPS) is 12.0. The lowest BCUT2D eigenvalue weighted by Gasteiger charge is -2.16. The van der Waals surface area contributed by atoms with E-state index >= 15 is 0 Å². The first-order chi connectivity index (χ1) is 9.97. The highest BCUT2D eigenvalue weighted by Gasteiger charge is 2.12. The Morgan fingerprint density at radius 3 is 2.81 bits per heavy atom. The molecule has 0 radical (unpaired) electrons. The van der Waals surface area contributed by atoms with Crippen molar-refractivity contribution in [1.29, 1.82) is 0 Å². The van der Waals surface area contributed by atoms with Gasteiger partial charge in [0.05, 0.1) is 0 Å². The maximum absolute atomic E-state index is 11.9. The average molecular weight is 357 g/mol. The lowest BCUT2D eigenvalue weighted by molar-refractivity contribution is -0.123. The molecule has 0 fully saturated rings. The molecule has 0 aliphatic rings. The maximum Gasteiger partial charge on any atom is 0.258 e. The smallest absolute Gasteiger partial charge is 0.258 e. The molecule has 21 heavy (non-hydrogen) atoms. The highest BCUT2D eigenvalue weighted by molar-refractivity contribution is 9.10. The van der Waals surface area contributed by atoms with Crippen LogP contribution in [0.15, 0.2) is 16.6 Å². The van der Waals surface area contributed by atoms with Crippen molar-refractivity contribution in [3.05, 3.63) is 27.7 Å². The van der Waals surface area contributed by atoms with Gasteiger partial charge in [-0.1, -0.05) is 29.3 Å². The van der Waals surface area contributed by atoms with Gasteiger partial charge in [0.2, 0.25) is 0 Å². The molecule has 0 saturated heterocycles. The third-order valence-corrected chi connectivity index (χ3v) is 3.66.